The van der Waals surface area contributed by atoms with Crippen molar-refractivity contribution in [1.29, 1.82) is 0 Å². The fourth-order valence-corrected chi connectivity index (χ4v) is 4.46. The molecular weight excluding hydrogens is 406 g/mol. The van der Waals surface area contributed by atoms with Crippen LogP contribution in [0.5, 0.6) is 0 Å². The summed E-state index contributed by atoms with van der Waals surface area (Å²) in [7, 11) is -3.51. The molecule has 1 heterocycles. The maximum Gasteiger partial charge on any atom is 0.321 e. The summed E-state index contributed by atoms with van der Waals surface area (Å²) < 4.78 is 27.4. The second-order valence-corrected chi connectivity index (χ2v) is 8.41. The Morgan fingerprint density at radius 3 is 2.16 bits per heavy atom. The summed E-state index contributed by atoms with van der Waals surface area (Å²) in [5.74, 6) is 0. The highest BCUT2D eigenvalue weighted by atomic mass is 79.9. The Bertz CT molecular complexity index is 850. The number of sulfonamides is 1. The second kappa shape index (κ2) is 7.55. The van der Waals surface area contributed by atoms with Crippen LogP contribution < -0.4 is 5.32 Å². The van der Waals surface area contributed by atoms with Gasteiger partial charge in [-0.2, -0.15) is 4.31 Å². The molecule has 0 bridgehead atoms. The first-order chi connectivity index (χ1) is 12.0. The van der Waals surface area contributed by atoms with Gasteiger partial charge in [-0.05, 0) is 40.2 Å². The van der Waals surface area contributed by atoms with Gasteiger partial charge in [0.05, 0.1) is 10.6 Å². The van der Waals surface area contributed by atoms with E-state index in [0.717, 1.165) is 4.47 Å². The zero-order valence-corrected chi connectivity index (χ0v) is 15.8. The standard InChI is InChI=1S/C17H18BrN3O3S/c18-15-8-4-5-9-16(15)19-17(22)20-10-12-21(13-11-20)25(23,24)14-6-2-1-3-7-14/h1-9H,10-13H2,(H,19,22). The summed E-state index contributed by atoms with van der Waals surface area (Å²) in [6.45, 7) is 1.26. The van der Waals surface area contributed by atoms with Gasteiger partial charge in [-0.15, -0.1) is 0 Å². The SMILES string of the molecule is O=C(Nc1ccccc1Br)N1CCN(S(=O)(=O)c2ccccc2)CC1. The third kappa shape index (κ3) is 4.02. The summed E-state index contributed by atoms with van der Waals surface area (Å²) in [6.07, 6.45) is 0. The van der Waals surface area contributed by atoms with E-state index in [2.05, 4.69) is 21.2 Å². The van der Waals surface area contributed by atoms with Crippen LogP contribution in [-0.4, -0.2) is 49.8 Å². The van der Waals surface area contributed by atoms with Crippen LogP contribution in [0.15, 0.2) is 64.0 Å². The van der Waals surface area contributed by atoms with E-state index in [1.807, 2.05) is 18.2 Å². The lowest BCUT2D eigenvalue weighted by Crippen LogP contribution is -2.51. The number of benzene rings is 2. The maximum absolute atomic E-state index is 12.6. The van der Waals surface area contributed by atoms with E-state index < -0.39 is 10.0 Å². The van der Waals surface area contributed by atoms with Crippen molar-refractivity contribution < 1.29 is 13.2 Å². The van der Waals surface area contributed by atoms with Crippen LogP contribution in [0.25, 0.3) is 0 Å². The molecular formula is C17H18BrN3O3S. The normalized spacial score (nSPS) is 15.8. The Labute approximate surface area is 155 Å². The van der Waals surface area contributed by atoms with Gasteiger partial charge in [0.2, 0.25) is 10.0 Å². The molecule has 2 amide bonds. The Morgan fingerprint density at radius 2 is 1.52 bits per heavy atom. The van der Waals surface area contributed by atoms with Crippen LogP contribution in [0.2, 0.25) is 0 Å². The molecule has 1 saturated heterocycles. The fraction of sp³-hybridized carbons (Fsp3) is 0.235. The number of para-hydroxylation sites is 1. The molecule has 0 aromatic heterocycles. The molecule has 0 saturated carbocycles. The highest BCUT2D eigenvalue weighted by Gasteiger charge is 2.30. The molecule has 0 radical (unpaired) electrons. The van der Waals surface area contributed by atoms with Gasteiger partial charge in [0.15, 0.2) is 0 Å². The Balaban J connectivity index is 1.62. The maximum atomic E-state index is 12.6. The molecule has 0 atom stereocenters. The number of rotatable bonds is 3. The van der Waals surface area contributed by atoms with Crippen molar-refractivity contribution in [2.75, 3.05) is 31.5 Å². The van der Waals surface area contributed by atoms with Crippen molar-refractivity contribution in [2.24, 2.45) is 0 Å². The lowest BCUT2D eigenvalue weighted by Gasteiger charge is -2.34. The lowest BCUT2D eigenvalue weighted by atomic mass is 10.3. The van der Waals surface area contributed by atoms with E-state index in [-0.39, 0.29) is 24.0 Å². The average molecular weight is 424 g/mol. The van der Waals surface area contributed by atoms with E-state index in [1.165, 1.54) is 4.31 Å². The quantitative estimate of drug-likeness (QED) is 0.824. The van der Waals surface area contributed by atoms with Gasteiger partial charge in [-0.25, -0.2) is 13.2 Å². The highest BCUT2D eigenvalue weighted by Crippen LogP contribution is 2.22. The third-order valence-corrected chi connectivity index (χ3v) is 6.63. The number of piperazine rings is 1. The van der Waals surface area contributed by atoms with Gasteiger partial charge < -0.3 is 10.2 Å². The number of carbonyl (C=O) groups is 1. The molecule has 6 nitrogen and oxygen atoms in total. The molecule has 3 rings (SSSR count). The van der Waals surface area contributed by atoms with Crippen LogP contribution in [-0.2, 0) is 10.0 Å². The Morgan fingerprint density at radius 1 is 0.920 bits per heavy atom. The monoisotopic (exact) mass is 423 g/mol. The van der Waals surface area contributed by atoms with E-state index in [1.54, 1.807) is 41.3 Å². The van der Waals surface area contributed by atoms with Crippen LogP contribution in [0.4, 0.5) is 10.5 Å². The minimum absolute atomic E-state index is 0.233. The van der Waals surface area contributed by atoms with Gasteiger partial charge in [0.25, 0.3) is 0 Å². The molecule has 1 fully saturated rings. The third-order valence-electron chi connectivity index (χ3n) is 4.02. The smallest absolute Gasteiger partial charge is 0.321 e. The highest BCUT2D eigenvalue weighted by molar-refractivity contribution is 9.10. The molecule has 25 heavy (non-hydrogen) atoms. The number of nitrogens with one attached hydrogen (secondary N) is 1. The van der Waals surface area contributed by atoms with E-state index >= 15 is 0 Å². The summed E-state index contributed by atoms with van der Waals surface area (Å²) in [5.41, 5.74) is 0.687. The molecule has 0 unspecified atom stereocenters. The number of amides is 2. The number of urea groups is 1. The van der Waals surface area contributed by atoms with Crippen molar-refractivity contribution in [1.82, 2.24) is 9.21 Å². The van der Waals surface area contributed by atoms with E-state index in [0.29, 0.717) is 18.8 Å². The number of hydrogen-bond donors (Lipinski definition) is 1. The van der Waals surface area contributed by atoms with Crippen molar-refractivity contribution in [3.63, 3.8) is 0 Å². The number of carbonyl (C=O) groups excluding carboxylic acids is 1. The van der Waals surface area contributed by atoms with Gasteiger partial charge in [-0.3, -0.25) is 0 Å². The predicted octanol–water partition coefficient (Wildman–Crippen LogP) is 2.99. The molecule has 1 N–H and O–H groups in total. The average Bonchev–Trinajstić information content (AvgIpc) is 2.64. The summed E-state index contributed by atoms with van der Waals surface area (Å²) in [5, 5.41) is 2.84. The first-order valence-electron chi connectivity index (χ1n) is 7.84. The number of hydrogen-bond acceptors (Lipinski definition) is 3. The summed E-state index contributed by atoms with van der Waals surface area (Å²) in [4.78, 5) is 14.3. The van der Waals surface area contributed by atoms with Gasteiger partial charge >= 0.3 is 6.03 Å². The Kier molecular flexibility index (Phi) is 5.41. The molecule has 132 valence electrons. The second-order valence-electron chi connectivity index (χ2n) is 5.61. The minimum atomic E-state index is -3.51. The molecule has 0 aliphatic carbocycles. The molecule has 1 aliphatic heterocycles. The van der Waals surface area contributed by atoms with Crippen molar-refractivity contribution in [3.05, 3.63) is 59.1 Å². The van der Waals surface area contributed by atoms with Gasteiger partial charge in [0, 0.05) is 30.7 Å². The lowest BCUT2D eigenvalue weighted by molar-refractivity contribution is 0.184. The summed E-state index contributed by atoms with van der Waals surface area (Å²) >= 11 is 3.39. The predicted molar refractivity (Wildman–Crippen MR) is 99.9 cm³/mol. The number of nitrogens with zero attached hydrogens (tertiary/aromatic N) is 2. The van der Waals surface area contributed by atoms with E-state index in [9.17, 15) is 13.2 Å². The van der Waals surface area contributed by atoms with Crippen LogP contribution in [0.3, 0.4) is 0 Å². The van der Waals surface area contributed by atoms with Crippen LogP contribution in [0.1, 0.15) is 0 Å². The minimum Gasteiger partial charge on any atom is -0.322 e. The van der Waals surface area contributed by atoms with Gasteiger partial charge in [0.1, 0.15) is 0 Å². The van der Waals surface area contributed by atoms with Crippen molar-refractivity contribution in [3.8, 4) is 0 Å². The molecule has 2 aromatic rings. The first-order valence-corrected chi connectivity index (χ1v) is 10.1. The zero-order valence-electron chi connectivity index (χ0n) is 13.4. The zero-order chi connectivity index (χ0) is 17.9. The topological polar surface area (TPSA) is 69.7 Å². The first kappa shape index (κ1) is 17.9. The molecule has 2 aromatic carbocycles. The fourth-order valence-electron chi connectivity index (χ4n) is 2.63. The molecule has 0 spiro atoms. The van der Waals surface area contributed by atoms with Crippen LogP contribution >= 0.6 is 15.9 Å². The number of anilines is 1. The molecule has 1 aliphatic rings. The van der Waals surface area contributed by atoms with Crippen molar-refractivity contribution in [2.45, 2.75) is 4.90 Å². The largest absolute Gasteiger partial charge is 0.322 e. The van der Waals surface area contributed by atoms with E-state index in [4.69, 9.17) is 0 Å². The Hall–Kier alpha value is -1.90. The van der Waals surface area contributed by atoms with Crippen molar-refractivity contribution >= 4 is 37.7 Å². The number of halogens is 1. The van der Waals surface area contributed by atoms with Gasteiger partial charge in [-0.1, -0.05) is 30.3 Å². The molecule has 8 heteroatoms. The van der Waals surface area contributed by atoms with Crippen LogP contribution in [0, 0.1) is 0 Å². The summed E-state index contributed by atoms with van der Waals surface area (Å²) in [6, 6.07) is 15.5.